The van der Waals surface area contributed by atoms with Crippen LogP contribution < -0.4 is 14.7 Å². The Labute approximate surface area is 181 Å². The highest BCUT2D eigenvalue weighted by atomic mass is 32.1. The van der Waals surface area contributed by atoms with Crippen LogP contribution in [0.25, 0.3) is 0 Å². The van der Waals surface area contributed by atoms with Gasteiger partial charge in [0, 0.05) is 51.9 Å². The normalized spacial score (nSPS) is 17.0. The maximum Gasteiger partial charge on any atom is 0.242 e. The number of anilines is 3. The number of carbonyl (C=O) groups is 2. The molecule has 0 N–H and O–H groups in total. The Morgan fingerprint density at radius 3 is 2.60 bits per heavy atom. The number of amides is 2. The molecule has 2 aliphatic rings. The first-order chi connectivity index (χ1) is 14.4. The molecular formula is C21H28N6O2S. The molecule has 0 saturated carbocycles. The van der Waals surface area contributed by atoms with Gasteiger partial charge in [-0.2, -0.15) is 0 Å². The number of hydrogen-bond acceptors (Lipinski definition) is 7. The number of benzene rings is 1. The Balaban J connectivity index is 1.32. The standard InChI is InChI=1S/C21H28N6O2S/c1-15-6-4-7-17(16(15)2)25-10-12-26(13-11-25)19(29)14-24(3)20-22-23-21(30-20)27-9-5-8-18(27)28/h4,6-7H,5,8-14H2,1-3H3. The SMILES string of the molecule is Cc1cccc(N2CCN(C(=O)CN(C)c3nnc(N4CCCC4=O)s3)CC2)c1C. The lowest BCUT2D eigenvalue weighted by atomic mass is 10.1. The molecule has 160 valence electrons. The van der Waals surface area contributed by atoms with Crippen LogP contribution in [0.5, 0.6) is 0 Å². The van der Waals surface area contributed by atoms with Crippen molar-refractivity contribution in [2.75, 3.05) is 61.0 Å². The van der Waals surface area contributed by atoms with Gasteiger partial charge in [0.05, 0.1) is 6.54 Å². The van der Waals surface area contributed by atoms with E-state index in [9.17, 15) is 9.59 Å². The van der Waals surface area contributed by atoms with Gasteiger partial charge in [0.2, 0.25) is 22.1 Å². The summed E-state index contributed by atoms with van der Waals surface area (Å²) in [5.74, 6) is 0.185. The lowest BCUT2D eigenvalue weighted by molar-refractivity contribution is -0.130. The molecule has 1 aromatic heterocycles. The van der Waals surface area contributed by atoms with E-state index in [1.807, 2.05) is 16.8 Å². The number of rotatable bonds is 5. The Hall–Kier alpha value is -2.68. The maximum atomic E-state index is 12.8. The van der Waals surface area contributed by atoms with E-state index in [1.54, 1.807) is 4.90 Å². The molecule has 9 heteroatoms. The molecular weight excluding hydrogens is 400 g/mol. The molecule has 4 rings (SSSR count). The van der Waals surface area contributed by atoms with E-state index in [1.165, 1.54) is 28.2 Å². The van der Waals surface area contributed by atoms with Gasteiger partial charge in [-0.1, -0.05) is 23.5 Å². The molecule has 2 aliphatic heterocycles. The summed E-state index contributed by atoms with van der Waals surface area (Å²) in [4.78, 5) is 32.5. The van der Waals surface area contributed by atoms with Crippen LogP contribution in [0.4, 0.5) is 16.0 Å². The number of hydrogen-bond donors (Lipinski definition) is 0. The summed E-state index contributed by atoms with van der Waals surface area (Å²) >= 11 is 1.36. The van der Waals surface area contributed by atoms with Gasteiger partial charge in [-0.3, -0.25) is 14.5 Å². The highest BCUT2D eigenvalue weighted by Crippen LogP contribution is 2.29. The van der Waals surface area contributed by atoms with Crippen molar-refractivity contribution in [3.63, 3.8) is 0 Å². The molecule has 8 nitrogen and oxygen atoms in total. The first-order valence-electron chi connectivity index (χ1n) is 10.4. The second-order valence-electron chi connectivity index (χ2n) is 7.96. The highest BCUT2D eigenvalue weighted by Gasteiger charge is 2.27. The fraction of sp³-hybridized carbons (Fsp3) is 0.524. The molecule has 0 spiro atoms. The van der Waals surface area contributed by atoms with Crippen LogP contribution in [0.1, 0.15) is 24.0 Å². The molecule has 0 aliphatic carbocycles. The van der Waals surface area contributed by atoms with E-state index in [0.29, 0.717) is 36.3 Å². The van der Waals surface area contributed by atoms with Crippen molar-refractivity contribution < 1.29 is 9.59 Å². The maximum absolute atomic E-state index is 12.8. The molecule has 30 heavy (non-hydrogen) atoms. The third-order valence-electron chi connectivity index (χ3n) is 5.96. The predicted octanol–water partition coefficient (Wildman–Crippen LogP) is 2.07. The van der Waals surface area contributed by atoms with Crippen LogP contribution >= 0.6 is 11.3 Å². The third kappa shape index (κ3) is 4.12. The van der Waals surface area contributed by atoms with Gasteiger partial charge in [0.1, 0.15) is 0 Å². The molecule has 0 radical (unpaired) electrons. The van der Waals surface area contributed by atoms with Gasteiger partial charge in [0.15, 0.2) is 0 Å². The zero-order valence-electron chi connectivity index (χ0n) is 17.8. The largest absolute Gasteiger partial charge is 0.368 e. The Bertz CT molecular complexity index is 937. The summed E-state index contributed by atoms with van der Waals surface area (Å²) < 4.78 is 0. The zero-order valence-corrected chi connectivity index (χ0v) is 18.6. The molecule has 1 aromatic carbocycles. The molecule has 0 unspecified atom stereocenters. The highest BCUT2D eigenvalue weighted by molar-refractivity contribution is 7.19. The Morgan fingerprint density at radius 1 is 1.13 bits per heavy atom. The minimum atomic E-state index is 0.0899. The van der Waals surface area contributed by atoms with Crippen molar-refractivity contribution in [1.82, 2.24) is 15.1 Å². The van der Waals surface area contributed by atoms with Crippen LogP contribution in [0.15, 0.2) is 18.2 Å². The predicted molar refractivity (Wildman–Crippen MR) is 119 cm³/mol. The summed E-state index contributed by atoms with van der Waals surface area (Å²) in [5.41, 5.74) is 3.86. The lowest BCUT2D eigenvalue weighted by Crippen LogP contribution is -2.51. The van der Waals surface area contributed by atoms with E-state index in [2.05, 4.69) is 47.1 Å². The topological polar surface area (TPSA) is 72.9 Å². The minimum absolute atomic E-state index is 0.0899. The van der Waals surface area contributed by atoms with Crippen molar-refractivity contribution in [1.29, 1.82) is 0 Å². The number of nitrogens with zero attached hydrogens (tertiary/aromatic N) is 6. The van der Waals surface area contributed by atoms with Crippen LogP contribution in [0.2, 0.25) is 0 Å². The van der Waals surface area contributed by atoms with Gasteiger partial charge >= 0.3 is 0 Å². The van der Waals surface area contributed by atoms with Crippen LogP contribution in [0, 0.1) is 13.8 Å². The quantitative estimate of drug-likeness (QED) is 0.726. The molecule has 2 amide bonds. The van der Waals surface area contributed by atoms with Gasteiger partial charge in [-0.15, -0.1) is 10.2 Å². The summed E-state index contributed by atoms with van der Waals surface area (Å²) in [6.07, 6.45) is 1.42. The van der Waals surface area contributed by atoms with Crippen molar-refractivity contribution >= 4 is 39.1 Å². The Morgan fingerprint density at radius 2 is 1.90 bits per heavy atom. The number of piperazine rings is 1. The van der Waals surface area contributed by atoms with E-state index >= 15 is 0 Å². The van der Waals surface area contributed by atoms with E-state index in [0.717, 1.165) is 19.5 Å². The van der Waals surface area contributed by atoms with Gasteiger partial charge in [0.25, 0.3) is 0 Å². The summed E-state index contributed by atoms with van der Waals surface area (Å²) in [7, 11) is 1.85. The number of aromatic nitrogens is 2. The molecule has 0 bridgehead atoms. The van der Waals surface area contributed by atoms with Crippen LogP contribution in [-0.4, -0.2) is 73.2 Å². The second-order valence-corrected chi connectivity index (χ2v) is 8.89. The minimum Gasteiger partial charge on any atom is -0.368 e. The molecule has 3 heterocycles. The number of aryl methyl sites for hydroxylation is 1. The van der Waals surface area contributed by atoms with Crippen molar-refractivity contribution in [2.45, 2.75) is 26.7 Å². The molecule has 2 saturated heterocycles. The van der Waals surface area contributed by atoms with Crippen molar-refractivity contribution in [3.8, 4) is 0 Å². The van der Waals surface area contributed by atoms with Gasteiger partial charge in [-0.25, -0.2) is 0 Å². The summed E-state index contributed by atoms with van der Waals surface area (Å²) in [6, 6.07) is 6.38. The first kappa shape index (κ1) is 20.6. The third-order valence-corrected chi connectivity index (χ3v) is 7.02. The Kier molecular flexibility index (Phi) is 5.90. The van der Waals surface area contributed by atoms with Gasteiger partial charge < -0.3 is 14.7 Å². The molecule has 2 aromatic rings. The van der Waals surface area contributed by atoms with Crippen molar-refractivity contribution in [3.05, 3.63) is 29.3 Å². The average molecular weight is 429 g/mol. The lowest BCUT2D eigenvalue weighted by Gasteiger charge is -2.37. The molecule has 0 atom stereocenters. The van der Waals surface area contributed by atoms with E-state index in [4.69, 9.17) is 0 Å². The summed E-state index contributed by atoms with van der Waals surface area (Å²) in [6.45, 7) is 8.33. The summed E-state index contributed by atoms with van der Waals surface area (Å²) in [5, 5.41) is 9.61. The smallest absolute Gasteiger partial charge is 0.242 e. The monoisotopic (exact) mass is 428 g/mol. The van der Waals surface area contributed by atoms with Crippen LogP contribution in [0.3, 0.4) is 0 Å². The number of likely N-dealkylation sites (N-methyl/N-ethyl adjacent to an activating group) is 1. The van der Waals surface area contributed by atoms with E-state index < -0.39 is 0 Å². The van der Waals surface area contributed by atoms with Gasteiger partial charge in [-0.05, 0) is 37.5 Å². The molecule has 2 fully saturated rings. The number of carbonyl (C=O) groups excluding carboxylic acids is 2. The fourth-order valence-electron chi connectivity index (χ4n) is 3.97. The second kappa shape index (κ2) is 8.59. The zero-order chi connectivity index (χ0) is 21.3. The fourth-order valence-corrected chi connectivity index (χ4v) is 4.82. The van der Waals surface area contributed by atoms with Crippen molar-refractivity contribution in [2.24, 2.45) is 0 Å². The first-order valence-corrected chi connectivity index (χ1v) is 11.2. The average Bonchev–Trinajstić information content (AvgIpc) is 3.39. The van der Waals surface area contributed by atoms with Crippen LogP contribution in [-0.2, 0) is 9.59 Å². The van der Waals surface area contributed by atoms with E-state index in [-0.39, 0.29) is 18.4 Å².